The van der Waals surface area contributed by atoms with Crippen molar-refractivity contribution in [3.05, 3.63) is 83.2 Å². The van der Waals surface area contributed by atoms with Crippen LogP contribution in [0.1, 0.15) is 42.1 Å². The first-order valence-corrected chi connectivity index (χ1v) is 10.7. The Morgan fingerprint density at radius 2 is 1.75 bits per heavy atom. The quantitative estimate of drug-likeness (QED) is 0.538. The number of fused-ring (bicyclic) bond motifs is 1. The third-order valence-corrected chi connectivity index (χ3v) is 5.89. The average molecular weight is 426 g/mol. The van der Waals surface area contributed by atoms with Crippen LogP contribution in [0.3, 0.4) is 0 Å². The Morgan fingerprint density at radius 3 is 2.53 bits per heavy atom. The smallest absolute Gasteiger partial charge is 0.267 e. The first-order chi connectivity index (χ1) is 15.7. The summed E-state index contributed by atoms with van der Waals surface area (Å²) in [6.07, 6.45) is 9.82. The van der Waals surface area contributed by atoms with Crippen LogP contribution in [0, 0.1) is 0 Å². The normalized spacial score (nSPS) is 18.4. The molecule has 1 amide bonds. The molecule has 32 heavy (non-hydrogen) atoms. The molecule has 0 aliphatic heterocycles. The molecule has 3 heterocycles. The summed E-state index contributed by atoms with van der Waals surface area (Å²) in [5.41, 5.74) is 3.53. The van der Waals surface area contributed by atoms with Crippen LogP contribution in [0.15, 0.2) is 72.0 Å². The van der Waals surface area contributed by atoms with Crippen LogP contribution in [0.4, 0.5) is 0 Å². The molecule has 1 aromatic carbocycles. The molecule has 8 nitrogen and oxygen atoms in total. The van der Waals surface area contributed by atoms with Gasteiger partial charge in [-0.25, -0.2) is 4.68 Å². The molecule has 4 aromatic rings. The maximum Gasteiger partial charge on any atom is 0.267 e. The maximum absolute atomic E-state index is 12.7. The zero-order valence-electron chi connectivity index (χ0n) is 17.4. The number of amides is 1. The van der Waals surface area contributed by atoms with Crippen molar-refractivity contribution in [1.82, 2.24) is 30.0 Å². The molecule has 0 bridgehead atoms. The van der Waals surface area contributed by atoms with E-state index in [4.69, 9.17) is 0 Å². The molecule has 1 fully saturated rings. The van der Waals surface area contributed by atoms with Crippen LogP contribution < -0.4 is 10.9 Å². The van der Waals surface area contributed by atoms with Gasteiger partial charge in [-0.05, 0) is 62.1 Å². The molecule has 3 aromatic heterocycles. The van der Waals surface area contributed by atoms with Crippen molar-refractivity contribution in [2.24, 2.45) is 0 Å². The zero-order valence-corrected chi connectivity index (χ0v) is 17.4. The van der Waals surface area contributed by atoms with Gasteiger partial charge in [0.1, 0.15) is 0 Å². The zero-order chi connectivity index (χ0) is 21.9. The number of carbonyl (C=O) groups excluding carboxylic acids is 1. The SMILES string of the molecule is O=C(NC1CCC(n2nc(-c3cccnc3)ccc2=O)CC1)c1ccc2nccnc2c1. The molecule has 0 radical (unpaired) electrons. The lowest BCUT2D eigenvalue weighted by Crippen LogP contribution is -2.39. The van der Waals surface area contributed by atoms with Crippen molar-refractivity contribution in [3.63, 3.8) is 0 Å². The summed E-state index contributed by atoms with van der Waals surface area (Å²) >= 11 is 0. The van der Waals surface area contributed by atoms with Gasteiger partial charge in [0.15, 0.2) is 0 Å². The van der Waals surface area contributed by atoms with Crippen molar-refractivity contribution in [2.45, 2.75) is 37.8 Å². The minimum Gasteiger partial charge on any atom is -0.349 e. The second-order valence-corrected chi connectivity index (χ2v) is 7.98. The van der Waals surface area contributed by atoms with E-state index in [1.807, 2.05) is 18.2 Å². The molecule has 1 N–H and O–H groups in total. The number of benzene rings is 1. The van der Waals surface area contributed by atoms with Crippen molar-refractivity contribution in [3.8, 4) is 11.3 Å². The summed E-state index contributed by atoms with van der Waals surface area (Å²) in [7, 11) is 0. The lowest BCUT2D eigenvalue weighted by atomic mass is 9.91. The number of aromatic nitrogens is 5. The lowest BCUT2D eigenvalue weighted by Gasteiger charge is -2.29. The molecule has 160 valence electrons. The van der Waals surface area contributed by atoms with Crippen molar-refractivity contribution >= 4 is 16.9 Å². The summed E-state index contributed by atoms with van der Waals surface area (Å²) in [5, 5.41) is 7.71. The van der Waals surface area contributed by atoms with Crippen molar-refractivity contribution in [2.75, 3.05) is 0 Å². The molecule has 0 atom stereocenters. The second kappa shape index (κ2) is 8.66. The lowest BCUT2D eigenvalue weighted by molar-refractivity contribution is 0.0921. The molecule has 1 saturated carbocycles. The van der Waals surface area contributed by atoms with Crippen LogP contribution >= 0.6 is 0 Å². The number of carbonyl (C=O) groups is 1. The standard InChI is InChI=1S/C24H22N6O2/c31-23-10-9-20(17-2-1-11-25-15-17)29-30(23)19-6-4-18(5-7-19)28-24(32)16-3-8-21-22(14-16)27-13-12-26-21/h1-3,8-15,18-19H,4-7H2,(H,28,32). The predicted molar refractivity (Wildman–Crippen MR) is 120 cm³/mol. The van der Waals surface area contributed by atoms with Gasteiger partial charge in [-0.3, -0.25) is 24.5 Å². The van der Waals surface area contributed by atoms with E-state index in [1.165, 1.54) is 0 Å². The van der Waals surface area contributed by atoms with Gasteiger partial charge >= 0.3 is 0 Å². The van der Waals surface area contributed by atoms with Gasteiger partial charge in [-0.15, -0.1) is 0 Å². The fourth-order valence-corrected chi connectivity index (χ4v) is 4.19. The van der Waals surface area contributed by atoms with Crippen molar-refractivity contribution in [1.29, 1.82) is 0 Å². The summed E-state index contributed by atoms with van der Waals surface area (Å²) in [6.45, 7) is 0. The Morgan fingerprint density at radius 1 is 0.938 bits per heavy atom. The first-order valence-electron chi connectivity index (χ1n) is 10.7. The van der Waals surface area contributed by atoms with Crippen LogP contribution in [-0.2, 0) is 0 Å². The van der Waals surface area contributed by atoms with E-state index >= 15 is 0 Å². The van der Waals surface area contributed by atoms with Crippen molar-refractivity contribution < 1.29 is 4.79 Å². The summed E-state index contributed by atoms with van der Waals surface area (Å²) in [5.74, 6) is -0.116. The molecule has 8 heteroatoms. The Kier molecular flexibility index (Phi) is 5.41. The van der Waals surface area contributed by atoms with Gasteiger partial charge in [-0.1, -0.05) is 0 Å². The number of hydrogen-bond donors (Lipinski definition) is 1. The van der Waals surface area contributed by atoms with E-state index in [0.717, 1.165) is 42.5 Å². The summed E-state index contributed by atoms with van der Waals surface area (Å²) in [6, 6.07) is 12.5. The van der Waals surface area contributed by atoms with Gasteiger partial charge in [0.05, 0.1) is 22.8 Å². The molecule has 0 unspecified atom stereocenters. The highest BCUT2D eigenvalue weighted by Crippen LogP contribution is 2.28. The van der Waals surface area contributed by atoms with Gasteiger partial charge in [0.2, 0.25) is 0 Å². The molecule has 1 aliphatic rings. The van der Waals surface area contributed by atoms with Crippen LogP contribution in [-0.4, -0.2) is 36.7 Å². The number of nitrogens with one attached hydrogen (secondary N) is 1. The van der Waals surface area contributed by atoms with Gasteiger partial charge in [0.25, 0.3) is 11.5 Å². The summed E-state index contributed by atoms with van der Waals surface area (Å²) < 4.78 is 1.59. The average Bonchev–Trinajstić information content (AvgIpc) is 2.85. The van der Waals surface area contributed by atoms with Crippen LogP contribution in [0.5, 0.6) is 0 Å². The molecule has 0 spiro atoms. The molecule has 0 saturated heterocycles. The molecular weight excluding hydrogens is 404 g/mol. The Hall–Kier alpha value is -3.94. The fourth-order valence-electron chi connectivity index (χ4n) is 4.19. The third-order valence-electron chi connectivity index (χ3n) is 5.89. The first kappa shape index (κ1) is 20.0. The Balaban J connectivity index is 1.25. The highest BCUT2D eigenvalue weighted by molar-refractivity contribution is 5.97. The third kappa shape index (κ3) is 4.12. The number of pyridine rings is 1. The number of rotatable bonds is 4. The maximum atomic E-state index is 12.7. The minimum atomic E-state index is -0.116. The van der Waals surface area contributed by atoms with Crippen LogP contribution in [0.25, 0.3) is 22.3 Å². The van der Waals surface area contributed by atoms with E-state index in [2.05, 4.69) is 25.4 Å². The van der Waals surface area contributed by atoms with Gasteiger partial charge in [0, 0.05) is 48.0 Å². The number of hydrogen-bond acceptors (Lipinski definition) is 6. The highest BCUT2D eigenvalue weighted by atomic mass is 16.1. The van der Waals surface area contributed by atoms with E-state index in [9.17, 15) is 9.59 Å². The largest absolute Gasteiger partial charge is 0.349 e. The topological polar surface area (TPSA) is 103 Å². The van der Waals surface area contributed by atoms with Gasteiger partial charge < -0.3 is 5.32 Å². The Labute approximate surface area is 184 Å². The Bertz CT molecular complexity index is 1310. The highest BCUT2D eigenvalue weighted by Gasteiger charge is 2.25. The predicted octanol–water partition coefficient (Wildman–Crippen LogP) is 3.16. The molecule has 1 aliphatic carbocycles. The second-order valence-electron chi connectivity index (χ2n) is 7.98. The van der Waals surface area contributed by atoms with Crippen LogP contribution in [0.2, 0.25) is 0 Å². The van der Waals surface area contributed by atoms with E-state index < -0.39 is 0 Å². The van der Waals surface area contributed by atoms with E-state index in [1.54, 1.807) is 53.7 Å². The van der Waals surface area contributed by atoms with E-state index in [0.29, 0.717) is 11.1 Å². The van der Waals surface area contributed by atoms with Gasteiger partial charge in [-0.2, -0.15) is 5.10 Å². The fraction of sp³-hybridized carbons (Fsp3) is 0.250. The number of nitrogens with zero attached hydrogens (tertiary/aromatic N) is 5. The monoisotopic (exact) mass is 426 g/mol. The molecule has 5 rings (SSSR count). The summed E-state index contributed by atoms with van der Waals surface area (Å²) in [4.78, 5) is 37.8. The molecular formula is C24H22N6O2. The van der Waals surface area contributed by atoms with E-state index in [-0.39, 0.29) is 23.6 Å². The minimum absolute atomic E-state index is 0.0169.